The zero-order valence-corrected chi connectivity index (χ0v) is 18.9. The van der Waals surface area contributed by atoms with Gasteiger partial charge in [-0.05, 0) is 60.7 Å². The molecule has 0 unspecified atom stereocenters. The molecule has 1 N–H and O–H groups in total. The molecule has 2 aromatic carbocycles. The highest BCUT2D eigenvalue weighted by Crippen LogP contribution is 2.43. The fourth-order valence-electron chi connectivity index (χ4n) is 4.20. The van der Waals surface area contributed by atoms with Gasteiger partial charge in [0.15, 0.2) is 0 Å². The van der Waals surface area contributed by atoms with Crippen LogP contribution in [0.4, 0.5) is 10.5 Å². The number of halogens is 1. The van der Waals surface area contributed by atoms with Crippen molar-refractivity contribution in [2.75, 3.05) is 19.0 Å². The second-order valence-corrected chi connectivity index (χ2v) is 9.03. The van der Waals surface area contributed by atoms with E-state index in [2.05, 4.69) is 31.3 Å². The molecule has 0 bridgehead atoms. The van der Waals surface area contributed by atoms with Gasteiger partial charge in [0.05, 0.1) is 23.9 Å². The van der Waals surface area contributed by atoms with Gasteiger partial charge in [-0.25, -0.2) is 4.79 Å². The van der Waals surface area contributed by atoms with Crippen LogP contribution < -0.4 is 10.1 Å². The van der Waals surface area contributed by atoms with Crippen LogP contribution in [0.5, 0.6) is 5.75 Å². The van der Waals surface area contributed by atoms with E-state index in [0.29, 0.717) is 17.3 Å². The van der Waals surface area contributed by atoms with E-state index in [1.54, 1.807) is 24.5 Å². The van der Waals surface area contributed by atoms with E-state index in [4.69, 9.17) is 16.3 Å². The van der Waals surface area contributed by atoms with E-state index in [1.807, 2.05) is 35.2 Å². The summed E-state index contributed by atoms with van der Waals surface area (Å²) in [5, 5.41) is 3.54. The quantitative estimate of drug-likeness (QED) is 0.505. The second-order valence-electron chi connectivity index (χ2n) is 7.36. The van der Waals surface area contributed by atoms with Gasteiger partial charge in [-0.3, -0.25) is 0 Å². The highest BCUT2D eigenvalue weighted by atomic mass is 35.5. The van der Waals surface area contributed by atoms with Crippen molar-refractivity contribution in [1.82, 2.24) is 4.90 Å². The lowest BCUT2D eigenvalue weighted by Gasteiger charge is -2.36. The molecular formula is C24H25ClN2O2S. The molecule has 0 aliphatic carbocycles. The van der Waals surface area contributed by atoms with Crippen molar-refractivity contribution in [2.24, 2.45) is 0 Å². The van der Waals surface area contributed by atoms with Crippen LogP contribution in [-0.4, -0.2) is 24.6 Å². The Bertz CT molecular complexity index is 1060. The van der Waals surface area contributed by atoms with Crippen molar-refractivity contribution in [1.29, 1.82) is 0 Å². The van der Waals surface area contributed by atoms with Gasteiger partial charge in [-0.2, -0.15) is 0 Å². The molecule has 0 spiro atoms. The Hall–Kier alpha value is -2.50. The number of carbonyl (C=O) groups is 1. The van der Waals surface area contributed by atoms with Crippen molar-refractivity contribution >= 4 is 34.7 Å². The topological polar surface area (TPSA) is 41.6 Å². The first kappa shape index (κ1) is 20.8. The lowest BCUT2D eigenvalue weighted by molar-refractivity contribution is 0.195. The molecule has 0 fully saturated rings. The largest absolute Gasteiger partial charge is 0.497 e. The van der Waals surface area contributed by atoms with Gasteiger partial charge in [0, 0.05) is 16.3 Å². The number of rotatable bonds is 4. The minimum Gasteiger partial charge on any atom is -0.497 e. The van der Waals surface area contributed by atoms with Crippen molar-refractivity contribution in [3.63, 3.8) is 0 Å². The van der Waals surface area contributed by atoms with Gasteiger partial charge < -0.3 is 15.0 Å². The predicted molar refractivity (Wildman–Crippen MR) is 124 cm³/mol. The number of aryl methyl sites for hydroxylation is 1. The zero-order valence-electron chi connectivity index (χ0n) is 17.4. The maximum absolute atomic E-state index is 13.3. The summed E-state index contributed by atoms with van der Waals surface area (Å²) in [5.74, 6) is 0.804. The summed E-state index contributed by atoms with van der Waals surface area (Å²) in [6.07, 6.45) is 1.88. The number of amides is 2. The molecule has 3 aromatic rings. The first-order valence-corrected chi connectivity index (χ1v) is 11.3. The first-order chi connectivity index (χ1) is 14.5. The summed E-state index contributed by atoms with van der Waals surface area (Å²) in [6.45, 7) is 5.04. The van der Waals surface area contributed by atoms with Crippen LogP contribution in [0.25, 0.3) is 0 Å². The molecule has 6 heteroatoms. The third-order valence-electron chi connectivity index (χ3n) is 5.67. The maximum Gasteiger partial charge on any atom is 0.322 e. The number of thiophene rings is 1. The van der Waals surface area contributed by atoms with Crippen LogP contribution in [0, 0.1) is 6.92 Å². The average Bonchev–Trinajstić information content (AvgIpc) is 3.09. The van der Waals surface area contributed by atoms with E-state index in [1.165, 1.54) is 20.9 Å². The molecule has 0 saturated heterocycles. The number of hydrogen-bond donors (Lipinski definition) is 1. The number of methoxy groups -OCH3 is 1. The molecule has 1 atom stereocenters. The number of nitrogens with zero attached hydrogens (tertiary/aromatic N) is 1. The fourth-order valence-corrected chi connectivity index (χ4v) is 5.82. The summed E-state index contributed by atoms with van der Waals surface area (Å²) in [4.78, 5) is 17.9. The summed E-state index contributed by atoms with van der Waals surface area (Å²) < 4.78 is 5.33. The SMILES string of the molecule is CCc1c(C)sc2c1CCN(C(=O)Nc1ccccc1Cl)[C@H]2c1ccc(OC)cc1. The van der Waals surface area contributed by atoms with Crippen LogP contribution >= 0.6 is 22.9 Å². The lowest BCUT2D eigenvalue weighted by atomic mass is 9.92. The van der Waals surface area contributed by atoms with Crippen LogP contribution in [0.1, 0.15) is 39.4 Å². The van der Waals surface area contributed by atoms with E-state index < -0.39 is 0 Å². The molecule has 0 saturated carbocycles. The summed E-state index contributed by atoms with van der Waals surface area (Å²) in [5.41, 5.74) is 4.54. The van der Waals surface area contributed by atoms with Gasteiger partial charge in [-0.1, -0.05) is 42.8 Å². The highest BCUT2D eigenvalue weighted by Gasteiger charge is 2.35. The van der Waals surface area contributed by atoms with E-state index in [9.17, 15) is 4.79 Å². The summed E-state index contributed by atoms with van der Waals surface area (Å²) in [6, 6.07) is 15.1. The smallest absolute Gasteiger partial charge is 0.322 e. The van der Waals surface area contributed by atoms with Gasteiger partial charge in [0.2, 0.25) is 0 Å². The zero-order chi connectivity index (χ0) is 21.3. The van der Waals surface area contributed by atoms with Crippen LogP contribution in [0.15, 0.2) is 48.5 Å². The minimum absolute atomic E-state index is 0.133. The number of ether oxygens (including phenoxy) is 1. The number of benzene rings is 2. The Morgan fingerprint density at radius 1 is 1.23 bits per heavy atom. The lowest BCUT2D eigenvalue weighted by Crippen LogP contribution is -2.42. The van der Waals surface area contributed by atoms with E-state index in [0.717, 1.165) is 24.2 Å². The van der Waals surface area contributed by atoms with E-state index in [-0.39, 0.29) is 12.1 Å². The third kappa shape index (κ3) is 3.80. The molecule has 1 aromatic heterocycles. The minimum atomic E-state index is -0.140. The van der Waals surface area contributed by atoms with Crippen molar-refractivity contribution in [3.05, 3.63) is 80.0 Å². The molecule has 156 valence electrons. The van der Waals surface area contributed by atoms with Crippen molar-refractivity contribution in [2.45, 2.75) is 32.7 Å². The van der Waals surface area contributed by atoms with Gasteiger partial charge >= 0.3 is 6.03 Å². The van der Waals surface area contributed by atoms with Crippen LogP contribution in [0.3, 0.4) is 0 Å². The Morgan fingerprint density at radius 2 is 1.97 bits per heavy atom. The molecule has 4 rings (SSSR count). The summed E-state index contributed by atoms with van der Waals surface area (Å²) in [7, 11) is 1.66. The number of anilines is 1. The number of hydrogen-bond acceptors (Lipinski definition) is 3. The Morgan fingerprint density at radius 3 is 2.63 bits per heavy atom. The summed E-state index contributed by atoms with van der Waals surface area (Å²) >= 11 is 8.08. The maximum atomic E-state index is 13.3. The Kier molecular flexibility index (Phi) is 6.02. The predicted octanol–water partition coefficient (Wildman–Crippen LogP) is 6.46. The van der Waals surface area contributed by atoms with E-state index >= 15 is 0 Å². The molecule has 0 radical (unpaired) electrons. The molecule has 1 aliphatic heterocycles. The number of nitrogens with one attached hydrogen (secondary N) is 1. The normalized spacial score (nSPS) is 15.6. The molecule has 4 nitrogen and oxygen atoms in total. The molecule has 30 heavy (non-hydrogen) atoms. The molecule has 2 heterocycles. The van der Waals surface area contributed by atoms with Crippen LogP contribution in [-0.2, 0) is 12.8 Å². The van der Waals surface area contributed by atoms with Gasteiger partial charge in [-0.15, -0.1) is 11.3 Å². The molecule has 1 aliphatic rings. The third-order valence-corrected chi connectivity index (χ3v) is 7.25. The van der Waals surface area contributed by atoms with Crippen molar-refractivity contribution in [3.8, 4) is 5.75 Å². The number of fused-ring (bicyclic) bond motifs is 1. The van der Waals surface area contributed by atoms with Crippen molar-refractivity contribution < 1.29 is 9.53 Å². The monoisotopic (exact) mass is 440 g/mol. The molecular weight excluding hydrogens is 416 g/mol. The molecule has 2 amide bonds. The standard InChI is InChI=1S/C24H25ClN2O2S/c1-4-18-15(2)30-23-19(18)13-14-27(22(23)16-9-11-17(29-3)12-10-16)24(28)26-21-8-6-5-7-20(21)25/h5-12,22H,4,13-14H2,1-3H3,(H,26,28)/t22-/m0/s1. The fraction of sp³-hybridized carbons (Fsp3) is 0.292. The number of para-hydroxylation sites is 1. The van der Waals surface area contributed by atoms with Crippen LogP contribution in [0.2, 0.25) is 5.02 Å². The second kappa shape index (κ2) is 8.70. The Balaban J connectivity index is 1.74. The number of carbonyl (C=O) groups excluding carboxylic acids is 1. The van der Waals surface area contributed by atoms with Gasteiger partial charge in [0.1, 0.15) is 5.75 Å². The number of urea groups is 1. The van der Waals surface area contributed by atoms with Gasteiger partial charge in [0.25, 0.3) is 0 Å². The highest BCUT2D eigenvalue weighted by molar-refractivity contribution is 7.12. The Labute approximate surface area is 186 Å². The first-order valence-electron chi connectivity index (χ1n) is 10.1. The average molecular weight is 441 g/mol.